The minimum absolute atomic E-state index is 0.0514. The average Bonchev–Trinajstić information content (AvgIpc) is 2.91. The summed E-state index contributed by atoms with van der Waals surface area (Å²) in [6, 6.07) is 6.20. The maximum atomic E-state index is 12.0. The first kappa shape index (κ1) is 13.4. The molecule has 1 aromatic heterocycles. The van der Waals surface area contributed by atoms with Crippen LogP contribution < -0.4 is 9.64 Å². The lowest BCUT2D eigenvalue weighted by atomic mass is 10.2. The van der Waals surface area contributed by atoms with Crippen molar-refractivity contribution in [1.82, 2.24) is 5.16 Å². The topological polar surface area (TPSA) is 92.9 Å². The molecule has 3 rings (SSSR count). The van der Waals surface area contributed by atoms with Gasteiger partial charge in [-0.3, -0.25) is 9.69 Å². The molecule has 1 aromatic carbocycles. The van der Waals surface area contributed by atoms with Gasteiger partial charge in [0.15, 0.2) is 18.1 Å². The third-order valence-corrected chi connectivity index (χ3v) is 3.19. The van der Waals surface area contributed by atoms with Gasteiger partial charge in [0.2, 0.25) is 0 Å². The van der Waals surface area contributed by atoms with E-state index in [2.05, 4.69) is 5.16 Å². The fourth-order valence-electron chi connectivity index (χ4n) is 1.99. The van der Waals surface area contributed by atoms with Crippen LogP contribution in [0.4, 0.5) is 5.69 Å². The summed E-state index contributed by atoms with van der Waals surface area (Å²) in [5.41, 5.74) is 0.295. The molecule has 0 bridgehead atoms. The van der Waals surface area contributed by atoms with Gasteiger partial charge in [0, 0.05) is 11.1 Å². The fourth-order valence-corrected chi connectivity index (χ4v) is 2.16. The number of benzene rings is 1. The molecule has 0 atom stereocenters. The van der Waals surface area contributed by atoms with Gasteiger partial charge in [-0.15, -0.1) is 0 Å². The second kappa shape index (κ2) is 5.10. The number of aromatic carboxylic acids is 1. The van der Waals surface area contributed by atoms with Crippen LogP contribution in [0.15, 0.2) is 28.8 Å². The summed E-state index contributed by atoms with van der Waals surface area (Å²) in [5.74, 6) is -0.690. The Balaban J connectivity index is 1.92. The largest absolute Gasteiger partial charge is 0.482 e. The number of carboxylic acid groups (broad SMARTS) is 1. The number of carboxylic acids is 1. The molecule has 0 spiro atoms. The maximum absolute atomic E-state index is 12.0. The maximum Gasteiger partial charge on any atom is 0.358 e. The molecule has 8 heteroatoms. The quantitative estimate of drug-likeness (QED) is 0.931. The van der Waals surface area contributed by atoms with Gasteiger partial charge in [-0.25, -0.2) is 4.79 Å². The van der Waals surface area contributed by atoms with E-state index in [9.17, 15) is 9.59 Å². The number of fused-ring (bicyclic) bond motifs is 1. The van der Waals surface area contributed by atoms with Gasteiger partial charge in [-0.2, -0.15) is 0 Å². The van der Waals surface area contributed by atoms with Crippen molar-refractivity contribution in [2.45, 2.75) is 6.54 Å². The highest BCUT2D eigenvalue weighted by Gasteiger charge is 2.27. The van der Waals surface area contributed by atoms with E-state index >= 15 is 0 Å². The van der Waals surface area contributed by atoms with E-state index in [1.807, 2.05) is 0 Å². The lowest BCUT2D eigenvalue weighted by Gasteiger charge is -2.28. The number of carbonyl (C=O) groups is 2. The van der Waals surface area contributed by atoms with Crippen LogP contribution in [0.1, 0.15) is 16.2 Å². The Kier molecular flexibility index (Phi) is 3.26. The van der Waals surface area contributed by atoms with Crippen molar-refractivity contribution >= 4 is 29.2 Å². The van der Waals surface area contributed by atoms with Crippen LogP contribution in [0.2, 0.25) is 5.02 Å². The third kappa shape index (κ3) is 2.55. The average molecular weight is 309 g/mol. The third-order valence-electron chi connectivity index (χ3n) is 2.96. The van der Waals surface area contributed by atoms with E-state index in [0.29, 0.717) is 16.5 Å². The smallest absolute Gasteiger partial charge is 0.358 e. The summed E-state index contributed by atoms with van der Waals surface area (Å²) in [5, 5.41) is 12.7. The molecule has 7 nitrogen and oxygen atoms in total. The summed E-state index contributed by atoms with van der Waals surface area (Å²) < 4.78 is 10.2. The lowest BCUT2D eigenvalue weighted by molar-refractivity contribution is -0.121. The second-order valence-electron chi connectivity index (χ2n) is 4.36. The highest BCUT2D eigenvalue weighted by molar-refractivity contribution is 6.31. The summed E-state index contributed by atoms with van der Waals surface area (Å²) >= 11 is 5.93. The van der Waals surface area contributed by atoms with Crippen LogP contribution in [-0.4, -0.2) is 28.7 Å². The highest BCUT2D eigenvalue weighted by Crippen LogP contribution is 2.35. The SMILES string of the molecule is O=C(O)c1cc(CN2C(=O)COc3ccc(Cl)cc32)on1. The van der Waals surface area contributed by atoms with E-state index in [0.717, 1.165) is 0 Å². The van der Waals surface area contributed by atoms with E-state index in [1.54, 1.807) is 18.2 Å². The zero-order valence-corrected chi connectivity index (χ0v) is 11.3. The first-order valence-corrected chi connectivity index (χ1v) is 6.34. The number of anilines is 1. The standard InChI is InChI=1S/C13H9ClN2O5/c14-7-1-2-11-10(3-7)16(12(17)6-20-11)5-8-4-9(13(18)19)15-21-8/h1-4H,5-6H2,(H,18,19). The minimum Gasteiger partial charge on any atom is -0.482 e. The molecule has 2 heterocycles. The molecule has 1 amide bonds. The van der Waals surface area contributed by atoms with Crippen LogP contribution in [-0.2, 0) is 11.3 Å². The predicted molar refractivity (Wildman–Crippen MR) is 71.6 cm³/mol. The summed E-state index contributed by atoms with van der Waals surface area (Å²) in [4.78, 5) is 24.2. The zero-order chi connectivity index (χ0) is 15.0. The molecule has 1 N–H and O–H groups in total. The molecule has 0 unspecified atom stereocenters. The Bertz CT molecular complexity index is 727. The molecule has 0 saturated carbocycles. The van der Waals surface area contributed by atoms with E-state index in [-0.39, 0.29) is 30.5 Å². The Morgan fingerprint density at radius 2 is 2.24 bits per heavy atom. The Hall–Kier alpha value is -2.54. The molecule has 0 saturated heterocycles. The number of nitrogens with zero attached hydrogens (tertiary/aromatic N) is 2. The number of carbonyl (C=O) groups excluding carboxylic acids is 1. The van der Waals surface area contributed by atoms with Gasteiger partial charge in [-0.1, -0.05) is 16.8 Å². The van der Waals surface area contributed by atoms with Gasteiger partial charge < -0.3 is 14.4 Å². The van der Waals surface area contributed by atoms with Crippen molar-refractivity contribution in [3.63, 3.8) is 0 Å². The van der Waals surface area contributed by atoms with E-state index in [1.165, 1.54) is 11.0 Å². The second-order valence-corrected chi connectivity index (χ2v) is 4.80. The van der Waals surface area contributed by atoms with Crippen molar-refractivity contribution in [2.75, 3.05) is 11.5 Å². The number of rotatable bonds is 3. The van der Waals surface area contributed by atoms with Crippen molar-refractivity contribution in [1.29, 1.82) is 0 Å². The van der Waals surface area contributed by atoms with Crippen molar-refractivity contribution < 1.29 is 24.0 Å². The van der Waals surface area contributed by atoms with Crippen molar-refractivity contribution in [3.8, 4) is 5.75 Å². The number of hydrogen-bond acceptors (Lipinski definition) is 5. The van der Waals surface area contributed by atoms with E-state index < -0.39 is 5.97 Å². The molecule has 1 aliphatic heterocycles. The predicted octanol–water partition coefficient (Wildman–Crippen LogP) is 1.95. The number of aromatic nitrogens is 1. The van der Waals surface area contributed by atoms with Crippen LogP contribution in [0, 0.1) is 0 Å². The summed E-state index contributed by atoms with van der Waals surface area (Å²) in [7, 11) is 0. The van der Waals surface area contributed by atoms with Gasteiger partial charge in [-0.05, 0) is 18.2 Å². The molecule has 108 valence electrons. The normalized spacial score (nSPS) is 13.8. The highest BCUT2D eigenvalue weighted by atomic mass is 35.5. The van der Waals surface area contributed by atoms with Gasteiger partial charge in [0.1, 0.15) is 5.75 Å². The number of halogens is 1. The monoisotopic (exact) mass is 308 g/mol. The molecule has 21 heavy (non-hydrogen) atoms. The van der Waals surface area contributed by atoms with Crippen molar-refractivity contribution in [3.05, 3.63) is 40.7 Å². The first-order chi connectivity index (χ1) is 10.0. The number of ether oxygens (including phenoxy) is 1. The van der Waals surface area contributed by atoms with Crippen LogP contribution >= 0.6 is 11.6 Å². The number of hydrogen-bond donors (Lipinski definition) is 1. The minimum atomic E-state index is -1.19. The molecule has 1 aliphatic rings. The van der Waals surface area contributed by atoms with Crippen LogP contribution in [0.3, 0.4) is 0 Å². The first-order valence-electron chi connectivity index (χ1n) is 5.96. The van der Waals surface area contributed by atoms with Crippen molar-refractivity contribution in [2.24, 2.45) is 0 Å². The Morgan fingerprint density at radius 3 is 2.95 bits per heavy atom. The van der Waals surface area contributed by atoms with Gasteiger partial charge in [0.25, 0.3) is 5.91 Å². The van der Waals surface area contributed by atoms with Gasteiger partial charge >= 0.3 is 5.97 Å². The Morgan fingerprint density at radius 1 is 1.43 bits per heavy atom. The molecular formula is C13H9ClN2O5. The van der Waals surface area contributed by atoms with Crippen LogP contribution in [0.5, 0.6) is 5.75 Å². The lowest BCUT2D eigenvalue weighted by Crippen LogP contribution is -2.38. The molecule has 0 aliphatic carbocycles. The molecule has 0 fully saturated rings. The Labute approximate surface area is 123 Å². The fraction of sp³-hybridized carbons (Fsp3) is 0.154. The van der Waals surface area contributed by atoms with Crippen LogP contribution in [0.25, 0.3) is 0 Å². The summed E-state index contributed by atoms with van der Waals surface area (Å²) in [6.45, 7) is -0.0512. The molecule has 0 radical (unpaired) electrons. The van der Waals surface area contributed by atoms with Gasteiger partial charge in [0.05, 0.1) is 12.2 Å². The zero-order valence-electron chi connectivity index (χ0n) is 10.6. The summed E-state index contributed by atoms with van der Waals surface area (Å²) in [6.07, 6.45) is 0. The number of amides is 1. The molecule has 2 aromatic rings. The van der Waals surface area contributed by atoms with E-state index in [4.69, 9.17) is 26.0 Å². The molecular weight excluding hydrogens is 300 g/mol.